The number of hydrogen-bond donors (Lipinski definition) is 3. The average Bonchev–Trinajstić information content (AvgIpc) is 2.83. The number of nitrogen functional groups attached to an aromatic ring is 1. The van der Waals surface area contributed by atoms with E-state index in [1.807, 2.05) is 68.6 Å². The largest absolute Gasteiger partial charge is 0.494 e. The van der Waals surface area contributed by atoms with E-state index in [0.717, 1.165) is 27.1 Å². The average molecular weight is 482 g/mol. The zero-order valence-corrected chi connectivity index (χ0v) is 20.7. The highest BCUT2D eigenvalue weighted by atomic mass is 32.2. The van der Waals surface area contributed by atoms with Gasteiger partial charge in [-0.3, -0.25) is 4.79 Å². The Morgan fingerprint density at radius 2 is 1.85 bits per heavy atom. The molecule has 0 radical (unpaired) electrons. The highest BCUT2D eigenvalue weighted by Gasteiger charge is 2.22. The zero-order valence-electron chi connectivity index (χ0n) is 19.9. The molecule has 0 aliphatic heterocycles. The van der Waals surface area contributed by atoms with Crippen LogP contribution in [0, 0.1) is 6.92 Å². The highest BCUT2D eigenvalue weighted by molar-refractivity contribution is 7.82. The molecule has 3 rings (SSSR count). The Kier molecular flexibility index (Phi) is 8.31. The zero-order chi connectivity index (χ0) is 24.8. The van der Waals surface area contributed by atoms with Gasteiger partial charge in [-0.15, -0.1) is 0 Å². The van der Waals surface area contributed by atoms with Crippen LogP contribution in [0.15, 0.2) is 65.6 Å². The summed E-state index contributed by atoms with van der Waals surface area (Å²) in [6.07, 6.45) is -0.101. The molecule has 0 heterocycles. The summed E-state index contributed by atoms with van der Waals surface area (Å²) in [5.41, 5.74) is 11.0. The third-order valence-electron chi connectivity index (χ3n) is 5.80. The van der Waals surface area contributed by atoms with E-state index in [9.17, 15) is 14.1 Å². The van der Waals surface area contributed by atoms with Gasteiger partial charge in [0.2, 0.25) is 0 Å². The van der Waals surface area contributed by atoms with Crippen molar-refractivity contribution in [1.82, 2.24) is 4.31 Å². The van der Waals surface area contributed by atoms with E-state index in [1.54, 1.807) is 24.5 Å². The lowest BCUT2D eigenvalue weighted by Gasteiger charge is -2.22. The molecule has 7 nitrogen and oxygen atoms in total. The maximum atomic E-state index is 12.9. The second-order valence-corrected chi connectivity index (χ2v) is 9.72. The summed E-state index contributed by atoms with van der Waals surface area (Å²) < 4.78 is 20.2. The van der Waals surface area contributed by atoms with E-state index >= 15 is 0 Å². The smallest absolute Gasteiger partial charge is 0.304 e. The Morgan fingerprint density at radius 1 is 1.15 bits per heavy atom. The predicted octanol–water partition coefficient (Wildman–Crippen LogP) is 4.39. The van der Waals surface area contributed by atoms with Gasteiger partial charge in [0.25, 0.3) is 0 Å². The van der Waals surface area contributed by atoms with Gasteiger partial charge < -0.3 is 20.9 Å². The minimum absolute atomic E-state index is 0.101. The Morgan fingerprint density at radius 3 is 2.47 bits per heavy atom. The second-order valence-electron chi connectivity index (χ2n) is 8.12. The van der Waals surface area contributed by atoms with Gasteiger partial charge in [0.15, 0.2) is 0 Å². The first-order valence-corrected chi connectivity index (χ1v) is 12.0. The van der Waals surface area contributed by atoms with Crippen molar-refractivity contribution in [2.24, 2.45) is 0 Å². The molecule has 0 saturated heterocycles. The van der Waals surface area contributed by atoms with Crippen LogP contribution < -0.4 is 15.8 Å². The SMILES string of the molecule is CNc1c(N)cc(C(CC(=O)O)c2ccc(C)c(CN(C)S(=O)c3ccccc3)c2)cc1OC. The molecule has 180 valence electrons. The van der Waals surface area contributed by atoms with Crippen LogP contribution in [0.5, 0.6) is 5.75 Å². The molecule has 34 heavy (non-hydrogen) atoms. The summed E-state index contributed by atoms with van der Waals surface area (Å²) in [7, 11) is 3.81. The molecule has 0 aliphatic rings. The maximum Gasteiger partial charge on any atom is 0.304 e. The highest BCUT2D eigenvalue weighted by Crippen LogP contribution is 2.38. The van der Waals surface area contributed by atoms with Gasteiger partial charge in [0.05, 0.1) is 29.8 Å². The summed E-state index contributed by atoms with van der Waals surface area (Å²) in [5, 5.41) is 12.7. The number of aryl methyl sites for hydroxylation is 1. The molecule has 0 fully saturated rings. The lowest BCUT2D eigenvalue weighted by molar-refractivity contribution is -0.137. The van der Waals surface area contributed by atoms with Crippen molar-refractivity contribution in [2.45, 2.75) is 30.7 Å². The number of aliphatic carboxylic acids is 1. The number of ether oxygens (including phenoxy) is 1. The van der Waals surface area contributed by atoms with Gasteiger partial charge in [-0.1, -0.05) is 36.4 Å². The van der Waals surface area contributed by atoms with Gasteiger partial charge in [0.1, 0.15) is 16.7 Å². The van der Waals surface area contributed by atoms with Crippen molar-refractivity contribution in [3.8, 4) is 5.75 Å². The monoisotopic (exact) mass is 481 g/mol. The number of nitrogens with one attached hydrogen (secondary N) is 1. The van der Waals surface area contributed by atoms with E-state index in [2.05, 4.69) is 5.32 Å². The first-order valence-electron chi connectivity index (χ1n) is 10.9. The summed E-state index contributed by atoms with van der Waals surface area (Å²) >= 11 is 0. The minimum atomic E-state index is -1.31. The van der Waals surface area contributed by atoms with Gasteiger partial charge >= 0.3 is 5.97 Å². The Hall–Kier alpha value is -3.36. The molecule has 3 aromatic carbocycles. The molecular weight excluding hydrogens is 450 g/mol. The summed E-state index contributed by atoms with van der Waals surface area (Å²) in [6.45, 7) is 2.44. The Bertz CT molecular complexity index is 1180. The molecule has 3 aromatic rings. The normalized spacial score (nSPS) is 12.9. The number of rotatable bonds is 10. The standard InChI is InChI=1S/C26H31N3O4S/c1-17-10-11-18(12-20(17)16-29(3)34(32)21-8-6-5-7-9-21)22(15-25(30)31)19-13-23(27)26(28-2)24(14-19)33-4/h5-14,22,28H,15-16,27H2,1-4H3,(H,30,31). The fraction of sp³-hybridized carbons (Fsp3) is 0.269. The molecule has 4 N–H and O–H groups in total. The van der Waals surface area contributed by atoms with Crippen LogP contribution in [0.3, 0.4) is 0 Å². The van der Waals surface area contributed by atoms with Crippen molar-refractivity contribution < 1.29 is 18.8 Å². The Balaban J connectivity index is 1.98. The molecule has 0 amide bonds. The van der Waals surface area contributed by atoms with Gasteiger partial charge in [-0.25, -0.2) is 8.51 Å². The molecule has 2 unspecified atom stereocenters. The van der Waals surface area contributed by atoms with Gasteiger partial charge in [0, 0.05) is 26.6 Å². The summed E-state index contributed by atoms with van der Waals surface area (Å²) in [5.74, 6) is -0.785. The lowest BCUT2D eigenvalue weighted by atomic mass is 9.86. The van der Waals surface area contributed by atoms with Crippen molar-refractivity contribution in [2.75, 3.05) is 32.3 Å². The number of nitrogens with zero attached hydrogens (tertiary/aromatic N) is 1. The van der Waals surface area contributed by atoms with E-state index in [1.165, 1.54) is 0 Å². The number of methoxy groups -OCH3 is 1. The number of anilines is 2. The first kappa shape index (κ1) is 25.3. The number of hydrogen-bond acceptors (Lipinski definition) is 5. The van der Waals surface area contributed by atoms with Crippen molar-refractivity contribution >= 4 is 28.3 Å². The van der Waals surface area contributed by atoms with Crippen LogP contribution in [0.4, 0.5) is 11.4 Å². The number of nitrogens with two attached hydrogens (primary N) is 1. The number of benzene rings is 3. The fourth-order valence-corrected chi connectivity index (χ4v) is 4.99. The molecule has 8 heteroatoms. The number of carboxylic acid groups (broad SMARTS) is 1. The first-order chi connectivity index (χ1) is 16.2. The molecule has 0 aliphatic carbocycles. The fourth-order valence-electron chi connectivity index (χ4n) is 3.99. The summed E-state index contributed by atoms with van der Waals surface area (Å²) in [6, 6.07) is 18.8. The van der Waals surface area contributed by atoms with Crippen LogP contribution in [0.25, 0.3) is 0 Å². The summed E-state index contributed by atoms with van der Waals surface area (Å²) in [4.78, 5) is 12.5. The number of carboxylic acids is 1. The van der Waals surface area contributed by atoms with Crippen LogP contribution >= 0.6 is 0 Å². The van der Waals surface area contributed by atoms with E-state index in [4.69, 9.17) is 10.5 Å². The predicted molar refractivity (Wildman–Crippen MR) is 137 cm³/mol. The van der Waals surface area contributed by atoms with E-state index in [0.29, 0.717) is 23.7 Å². The molecule has 2 atom stereocenters. The third-order valence-corrected chi connectivity index (χ3v) is 7.17. The van der Waals surface area contributed by atoms with Crippen LogP contribution in [0.2, 0.25) is 0 Å². The number of carbonyl (C=O) groups is 1. The third kappa shape index (κ3) is 5.76. The van der Waals surface area contributed by atoms with Crippen LogP contribution in [-0.4, -0.2) is 40.8 Å². The minimum Gasteiger partial charge on any atom is -0.494 e. The van der Waals surface area contributed by atoms with Gasteiger partial charge in [-0.2, -0.15) is 0 Å². The van der Waals surface area contributed by atoms with E-state index < -0.39 is 22.9 Å². The second kappa shape index (κ2) is 11.2. The van der Waals surface area contributed by atoms with Crippen molar-refractivity contribution in [3.05, 3.63) is 82.9 Å². The van der Waals surface area contributed by atoms with Crippen molar-refractivity contribution in [3.63, 3.8) is 0 Å². The molecule has 0 bridgehead atoms. The lowest BCUT2D eigenvalue weighted by Crippen LogP contribution is -2.21. The van der Waals surface area contributed by atoms with E-state index in [-0.39, 0.29) is 6.42 Å². The van der Waals surface area contributed by atoms with Crippen LogP contribution in [0.1, 0.15) is 34.6 Å². The quantitative estimate of drug-likeness (QED) is 0.371. The van der Waals surface area contributed by atoms with Crippen molar-refractivity contribution in [1.29, 1.82) is 0 Å². The topological polar surface area (TPSA) is 105 Å². The maximum absolute atomic E-state index is 12.9. The molecule has 0 saturated carbocycles. The van der Waals surface area contributed by atoms with Gasteiger partial charge in [-0.05, 0) is 53.4 Å². The molecule has 0 spiro atoms. The van der Waals surface area contributed by atoms with Crippen LogP contribution in [-0.2, 0) is 22.3 Å². The molecular formula is C26H31N3O4S. The molecule has 0 aromatic heterocycles. The Labute approximate surface area is 203 Å².